The minimum Gasteiger partial charge on any atom is -0.389 e. The van der Waals surface area contributed by atoms with Gasteiger partial charge in [-0.2, -0.15) is 0 Å². The number of aliphatic hydroxyl groups excluding tert-OH is 1. The molecule has 0 bridgehead atoms. The average Bonchev–Trinajstić information content (AvgIpc) is 3.11. The molecule has 2 aliphatic heterocycles. The summed E-state index contributed by atoms with van der Waals surface area (Å²) >= 11 is 0. The molecule has 1 N–H and O–H groups in total. The Hall–Kier alpha value is -2.66. The second-order valence-electron chi connectivity index (χ2n) is 6.25. The molecule has 0 aliphatic carbocycles. The van der Waals surface area contributed by atoms with Gasteiger partial charge in [-0.3, -0.25) is 14.5 Å². The van der Waals surface area contributed by atoms with Gasteiger partial charge in [0.15, 0.2) is 0 Å². The SMILES string of the molecule is O=C1c2ccccc2C(=O)N1C[C@H](O)CN1CCc2ccccc21. The molecule has 1 atom stereocenters. The number of nitrogens with zero attached hydrogens (tertiary/aromatic N) is 2. The molecule has 2 heterocycles. The number of β-amino-alcohol motifs (C(OH)–C–C–N with tert-alkyl or cyclic N) is 1. The zero-order valence-corrected chi connectivity index (χ0v) is 13.2. The van der Waals surface area contributed by atoms with E-state index in [1.807, 2.05) is 18.2 Å². The topological polar surface area (TPSA) is 60.9 Å². The number of anilines is 1. The van der Waals surface area contributed by atoms with Gasteiger partial charge in [0, 0.05) is 18.8 Å². The van der Waals surface area contributed by atoms with Gasteiger partial charge in [-0.25, -0.2) is 0 Å². The van der Waals surface area contributed by atoms with Gasteiger partial charge >= 0.3 is 0 Å². The van der Waals surface area contributed by atoms with Gasteiger partial charge in [-0.15, -0.1) is 0 Å². The van der Waals surface area contributed by atoms with Crippen molar-refractivity contribution in [2.45, 2.75) is 12.5 Å². The molecule has 0 saturated heterocycles. The van der Waals surface area contributed by atoms with Crippen LogP contribution in [0.15, 0.2) is 48.5 Å². The number of para-hydroxylation sites is 1. The van der Waals surface area contributed by atoms with Crippen molar-refractivity contribution in [3.8, 4) is 0 Å². The predicted octanol–water partition coefficient (Wildman–Crippen LogP) is 1.71. The highest BCUT2D eigenvalue weighted by molar-refractivity contribution is 6.21. The minimum absolute atomic E-state index is 0.0189. The van der Waals surface area contributed by atoms with Crippen molar-refractivity contribution in [1.82, 2.24) is 4.90 Å². The van der Waals surface area contributed by atoms with E-state index in [0.717, 1.165) is 23.6 Å². The molecule has 5 heteroatoms. The van der Waals surface area contributed by atoms with Crippen LogP contribution in [0.2, 0.25) is 0 Å². The summed E-state index contributed by atoms with van der Waals surface area (Å²) in [5.74, 6) is -0.645. The molecule has 24 heavy (non-hydrogen) atoms. The summed E-state index contributed by atoms with van der Waals surface area (Å²) in [6.45, 7) is 1.27. The Bertz CT molecular complexity index is 783. The number of hydrogen-bond donors (Lipinski definition) is 1. The van der Waals surface area contributed by atoms with E-state index in [0.29, 0.717) is 17.7 Å². The molecule has 0 aromatic heterocycles. The zero-order valence-electron chi connectivity index (χ0n) is 13.2. The third kappa shape index (κ3) is 2.37. The molecule has 5 nitrogen and oxygen atoms in total. The quantitative estimate of drug-likeness (QED) is 0.871. The van der Waals surface area contributed by atoms with Gasteiger partial charge in [0.25, 0.3) is 11.8 Å². The lowest BCUT2D eigenvalue weighted by atomic mass is 10.1. The van der Waals surface area contributed by atoms with E-state index in [9.17, 15) is 14.7 Å². The van der Waals surface area contributed by atoms with E-state index in [1.54, 1.807) is 24.3 Å². The number of carbonyl (C=O) groups is 2. The van der Waals surface area contributed by atoms with E-state index in [4.69, 9.17) is 0 Å². The van der Waals surface area contributed by atoms with Crippen molar-refractivity contribution in [1.29, 1.82) is 0 Å². The van der Waals surface area contributed by atoms with Crippen molar-refractivity contribution < 1.29 is 14.7 Å². The number of imide groups is 1. The maximum Gasteiger partial charge on any atom is 0.261 e. The summed E-state index contributed by atoms with van der Waals surface area (Å²) in [4.78, 5) is 28.0. The highest BCUT2D eigenvalue weighted by atomic mass is 16.3. The standard InChI is InChI=1S/C19H18N2O3/c22-14(11-20-10-9-13-5-1-4-8-17(13)20)12-21-18(23)15-6-2-3-7-16(15)19(21)24/h1-8,14,22H,9-12H2/t14-/m1/s1. The van der Waals surface area contributed by atoms with Crippen LogP contribution in [0.3, 0.4) is 0 Å². The first-order valence-electron chi connectivity index (χ1n) is 8.11. The third-order valence-corrected chi connectivity index (χ3v) is 4.69. The summed E-state index contributed by atoms with van der Waals surface area (Å²) in [5, 5.41) is 10.4. The minimum atomic E-state index is -0.779. The van der Waals surface area contributed by atoms with Gasteiger partial charge in [0.2, 0.25) is 0 Å². The molecule has 2 aliphatic rings. The Kier molecular flexibility index (Phi) is 3.58. The maximum atomic E-state index is 12.4. The first-order chi connectivity index (χ1) is 11.6. The van der Waals surface area contributed by atoms with Crippen molar-refractivity contribution >= 4 is 17.5 Å². The highest BCUT2D eigenvalue weighted by Gasteiger charge is 2.36. The largest absolute Gasteiger partial charge is 0.389 e. The molecular weight excluding hydrogens is 304 g/mol. The predicted molar refractivity (Wildman–Crippen MR) is 90.2 cm³/mol. The lowest BCUT2D eigenvalue weighted by Crippen LogP contribution is -2.42. The van der Waals surface area contributed by atoms with Gasteiger partial charge in [0.1, 0.15) is 0 Å². The lowest BCUT2D eigenvalue weighted by molar-refractivity contribution is 0.0551. The Labute approximate surface area is 140 Å². The third-order valence-electron chi connectivity index (χ3n) is 4.69. The second kappa shape index (κ2) is 5.76. The van der Waals surface area contributed by atoms with Crippen LogP contribution in [-0.4, -0.2) is 47.6 Å². The van der Waals surface area contributed by atoms with E-state index >= 15 is 0 Å². The van der Waals surface area contributed by atoms with E-state index < -0.39 is 6.10 Å². The summed E-state index contributed by atoms with van der Waals surface area (Å²) in [6, 6.07) is 14.9. The zero-order chi connectivity index (χ0) is 16.7. The van der Waals surface area contributed by atoms with Crippen LogP contribution >= 0.6 is 0 Å². The fourth-order valence-corrected chi connectivity index (χ4v) is 3.52. The van der Waals surface area contributed by atoms with Crippen LogP contribution in [-0.2, 0) is 6.42 Å². The molecule has 0 spiro atoms. The number of rotatable bonds is 4. The van der Waals surface area contributed by atoms with Crippen LogP contribution in [0, 0.1) is 0 Å². The Morgan fingerprint density at radius 2 is 1.54 bits per heavy atom. The molecule has 0 fully saturated rings. The van der Waals surface area contributed by atoms with E-state index in [-0.39, 0.29) is 18.4 Å². The smallest absolute Gasteiger partial charge is 0.261 e. The van der Waals surface area contributed by atoms with Gasteiger partial charge in [-0.05, 0) is 30.2 Å². The van der Waals surface area contributed by atoms with Crippen molar-refractivity contribution in [2.75, 3.05) is 24.5 Å². The average molecular weight is 322 g/mol. The fraction of sp³-hybridized carbons (Fsp3) is 0.263. The Morgan fingerprint density at radius 1 is 0.917 bits per heavy atom. The monoisotopic (exact) mass is 322 g/mol. The van der Waals surface area contributed by atoms with E-state index in [1.165, 1.54) is 5.56 Å². The van der Waals surface area contributed by atoms with Gasteiger partial charge in [-0.1, -0.05) is 30.3 Å². The van der Waals surface area contributed by atoms with Crippen LogP contribution in [0.4, 0.5) is 5.69 Å². The number of benzene rings is 2. The molecule has 0 unspecified atom stereocenters. The fourth-order valence-electron chi connectivity index (χ4n) is 3.52. The Balaban J connectivity index is 1.45. The van der Waals surface area contributed by atoms with Crippen molar-refractivity contribution in [3.05, 3.63) is 65.2 Å². The molecule has 2 aromatic rings. The number of amides is 2. The number of aliphatic hydroxyl groups is 1. The molecule has 2 aromatic carbocycles. The number of carbonyl (C=O) groups excluding carboxylic acids is 2. The summed E-state index contributed by atoms with van der Waals surface area (Å²) in [7, 11) is 0. The summed E-state index contributed by atoms with van der Waals surface area (Å²) in [6.07, 6.45) is 0.175. The molecule has 4 rings (SSSR count). The van der Waals surface area contributed by atoms with Crippen LogP contribution in [0.5, 0.6) is 0 Å². The highest BCUT2D eigenvalue weighted by Crippen LogP contribution is 2.28. The first kappa shape index (κ1) is 14.9. The lowest BCUT2D eigenvalue weighted by Gasteiger charge is -2.25. The summed E-state index contributed by atoms with van der Waals surface area (Å²) < 4.78 is 0. The second-order valence-corrected chi connectivity index (χ2v) is 6.25. The van der Waals surface area contributed by atoms with Crippen molar-refractivity contribution in [2.24, 2.45) is 0 Å². The number of hydrogen-bond acceptors (Lipinski definition) is 4. The summed E-state index contributed by atoms with van der Waals surface area (Å²) in [5.41, 5.74) is 3.23. The molecule has 2 amide bonds. The normalized spacial score (nSPS) is 17.2. The Morgan fingerprint density at radius 3 is 2.25 bits per heavy atom. The van der Waals surface area contributed by atoms with Crippen LogP contribution < -0.4 is 4.90 Å². The molecular formula is C19H18N2O3. The number of fused-ring (bicyclic) bond motifs is 2. The first-order valence-corrected chi connectivity index (χ1v) is 8.11. The van der Waals surface area contributed by atoms with E-state index in [2.05, 4.69) is 11.0 Å². The molecule has 0 radical (unpaired) electrons. The van der Waals surface area contributed by atoms with Crippen molar-refractivity contribution in [3.63, 3.8) is 0 Å². The van der Waals surface area contributed by atoms with Gasteiger partial charge < -0.3 is 10.0 Å². The van der Waals surface area contributed by atoms with Gasteiger partial charge in [0.05, 0.1) is 23.8 Å². The molecule has 0 saturated carbocycles. The van der Waals surface area contributed by atoms with Crippen LogP contribution in [0.25, 0.3) is 0 Å². The molecule has 122 valence electrons. The van der Waals surface area contributed by atoms with Crippen LogP contribution in [0.1, 0.15) is 26.3 Å². The maximum absolute atomic E-state index is 12.4.